The predicted molar refractivity (Wildman–Crippen MR) is 207 cm³/mol. The Morgan fingerprint density at radius 2 is 0.941 bits per heavy atom. The maximum absolute atomic E-state index is 5.27. The minimum atomic E-state index is -0.232. The molecular weight excluding hydrogens is 623 g/mol. The van der Waals surface area contributed by atoms with E-state index in [1.54, 1.807) is 0 Å². The third-order valence-corrected chi connectivity index (χ3v) is 10.4. The van der Waals surface area contributed by atoms with Crippen molar-refractivity contribution < 1.29 is 0 Å². The van der Waals surface area contributed by atoms with E-state index < -0.39 is 0 Å². The molecule has 4 heterocycles. The number of nitrogens with zero attached hydrogens (tertiary/aromatic N) is 5. The molecule has 0 unspecified atom stereocenters. The summed E-state index contributed by atoms with van der Waals surface area (Å²) in [6.07, 6.45) is 2.30. The molecular formula is C46H33N5. The predicted octanol–water partition coefficient (Wildman–Crippen LogP) is 11.1. The fourth-order valence-corrected chi connectivity index (χ4v) is 7.88. The molecule has 1 aliphatic heterocycles. The molecule has 0 N–H and O–H groups in total. The summed E-state index contributed by atoms with van der Waals surface area (Å²) < 4.78 is 4.63. The van der Waals surface area contributed by atoms with Gasteiger partial charge in [0.15, 0.2) is 11.6 Å². The van der Waals surface area contributed by atoms with Gasteiger partial charge in [0.05, 0.1) is 16.7 Å². The van der Waals surface area contributed by atoms with Gasteiger partial charge in [-0.05, 0) is 39.9 Å². The molecule has 0 radical (unpaired) electrons. The lowest BCUT2D eigenvalue weighted by molar-refractivity contribution is 0.645. The van der Waals surface area contributed by atoms with Crippen molar-refractivity contribution in [1.82, 2.24) is 24.1 Å². The van der Waals surface area contributed by atoms with Crippen LogP contribution in [0.15, 0.2) is 164 Å². The zero-order chi connectivity index (χ0) is 34.1. The molecule has 0 atom stereocenters. The van der Waals surface area contributed by atoms with E-state index >= 15 is 0 Å². The molecule has 9 aromatic rings. The van der Waals surface area contributed by atoms with E-state index in [0.29, 0.717) is 17.6 Å². The first kappa shape index (κ1) is 29.3. The highest BCUT2D eigenvalue weighted by atomic mass is 15.2. The molecule has 0 saturated carbocycles. The summed E-state index contributed by atoms with van der Waals surface area (Å²) >= 11 is 0. The van der Waals surface area contributed by atoms with Crippen LogP contribution >= 0.6 is 0 Å². The number of fused-ring (bicyclic) bond motifs is 7. The van der Waals surface area contributed by atoms with E-state index in [1.807, 2.05) is 12.1 Å². The van der Waals surface area contributed by atoms with Gasteiger partial charge in [-0.25, -0.2) is 4.98 Å². The average molecular weight is 656 g/mol. The number of aromatic nitrogens is 5. The van der Waals surface area contributed by atoms with Gasteiger partial charge < -0.3 is 4.57 Å². The van der Waals surface area contributed by atoms with Crippen molar-refractivity contribution in [2.45, 2.75) is 19.3 Å². The van der Waals surface area contributed by atoms with Gasteiger partial charge in [-0.15, -0.1) is 0 Å². The van der Waals surface area contributed by atoms with Crippen molar-refractivity contribution in [1.29, 1.82) is 0 Å². The van der Waals surface area contributed by atoms with Crippen LogP contribution in [0, 0.1) is 0 Å². The van der Waals surface area contributed by atoms with Crippen molar-refractivity contribution in [3.8, 4) is 56.7 Å². The van der Waals surface area contributed by atoms with Gasteiger partial charge in [0, 0.05) is 39.2 Å². The molecule has 1 aliphatic rings. The number of benzene rings is 6. The number of rotatable bonds is 5. The molecule has 242 valence electrons. The summed E-state index contributed by atoms with van der Waals surface area (Å²) in [6, 6.07) is 55.2. The molecule has 3 aromatic heterocycles. The number of para-hydroxylation sites is 2. The molecule has 0 fully saturated rings. The summed E-state index contributed by atoms with van der Waals surface area (Å²) in [5.41, 5.74) is 12.2. The molecule has 10 rings (SSSR count). The molecule has 6 aromatic carbocycles. The van der Waals surface area contributed by atoms with Crippen molar-refractivity contribution in [3.63, 3.8) is 0 Å². The average Bonchev–Trinajstić information content (AvgIpc) is 3.81. The molecule has 5 heteroatoms. The second-order valence-corrected chi connectivity index (χ2v) is 13.8. The van der Waals surface area contributed by atoms with Gasteiger partial charge in [0.1, 0.15) is 0 Å². The van der Waals surface area contributed by atoms with E-state index in [4.69, 9.17) is 15.0 Å². The van der Waals surface area contributed by atoms with Crippen LogP contribution < -0.4 is 0 Å². The lowest BCUT2D eigenvalue weighted by Gasteiger charge is -2.20. The van der Waals surface area contributed by atoms with Crippen molar-refractivity contribution in [2.75, 3.05) is 0 Å². The Morgan fingerprint density at radius 3 is 1.55 bits per heavy atom. The summed E-state index contributed by atoms with van der Waals surface area (Å²) in [7, 11) is 0. The summed E-state index contributed by atoms with van der Waals surface area (Å²) in [6.45, 7) is 4.64. The van der Waals surface area contributed by atoms with Crippen LogP contribution in [0.5, 0.6) is 0 Å². The Hall–Kier alpha value is -6.59. The molecule has 51 heavy (non-hydrogen) atoms. The van der Waals surface area contributed by atoms with Gasteiger partial charge in [-0.2, -0.15) is 9.97 Å². The van der Waals surface area contributed by atoms with Crippen molar-refractivity contribution >= 4 is 21.8 Å². The lowest BCUT2D eigenvalue weighted by atomic mass is 9.83. The van der Waals surface area contributed by atoms with Gasteiger partial charge in [0.25, 0.3) is 0 Å². The van der Waals surface area contributed by atoms with Crippen LogP contribution in [0.2, 0.25) is 0 Å². The number of hydrogen-bond donors (Lipinski definition) is 0. The lowest BCUT2D eigenvalue weighted by Crippen LogP contribution is -2.17. The van der Waals surface area contributed by atoms with Gasteiger partial charge in [0.2, 0.25) is 5.95 Å². The summed E-state index contributed by atoms with van der Waals surface area (Å²) in [5, 5.41) is 2.36. The first-order chi connectivity index (χ1) is 25.0. The highest BCUT2D eigenvalue weighted by Gasteiger charge is 2.40. The Labute approximate surface area is 296 Å². The zero-order valence-electron chi connectivity index (χ0n) is 28.3. The van der Waals surface area contributed by atoms with Crippen LogP contribution in [0.1, 0.15) is 25.1 Å². The molecule has 0 amide bonds. The monoisotopic (exact) mass is 655 g/mol. The highest BCUT2D eigenvalue weighted by Crippen LogP contribution is 2.49. The van der Waals surface area contributed by atoms with E-state index in [1.165, 1.54) is 38.8 Å². The normalized spacial score (nSPS) is 13.1. The van der Waals surface area contributed by atoms with E-state index in [-0.39, 0.29) is 5.41 Å². The smallest absolute Gasteiger partial charge is 0.238 e. The third-order valence-electron chi connectivity index (χ3n) is 10.4. The Kier molecular flexibility index (Phi) is 6.46. The summed E-state index contributed by atoms with van der Waals surface area (Å²) in [4.78, 5) is 15.7. The zero-order valence-corrected chi connectivity index (χ0v) is 28.3. The van der Waals surface area contributed by atoms with Gasteiger partial charge >= 0.3 is 0 Å². The maximum Gasteiger partial charge on any atom is 0.238 e. The Bertz CT molecular complexity index is 2640. The van der Waals surface area contributed by atoms with Crippen molar-refractivity contribution in [3.05, 3.63) is 175 Å². The highest BCUT2D eigenvalue weighted by molar-refractivity contribution is 6.11. The van der Waals surface area contributed by atoms with E-state index in [2.05, 4.69) is 175 Å². The first-order valence-electron chi connectivity index (χ1n) is 17.4. The standard InChI is InChI=1S/C46H33N5/c1-46(2)38-18-10-12-20-40(38)50-29-37-36-17-9-11-19-39(36)51(41(37)42(46)50)45-48-43(34-25-21-32(22-26-34)30-13-5-3-6-14-30)47-44(49-45)35-27-23-33(24-28-35)31-15-7-4-8-16-31/h3-29H,1-2H3. The van der Waals surface area contributed by atoms with Crippen LogP contribution in [-0.2, 0) is 5.41 Å². The molecule has 0 spiro atoms. The SMILES string of the molecule is CC1(C)c2ccccc2-n2cc3c4ccccc4n(-c4nc(-c5ccc(-c6ccccc6)cc5)nc(-c5ccc(-c6ccccc6)cc5)n4)c3c21. The Morgan fingerprint density at radius 1 is 0.451 bits per heavy atom. The minimum absolute atomic E-state index is 0.232. The van der Waals surface area contributed by atoms with Gasteiger partial charge in [-0.1, -0.05) is 159 Å². The van der Waals surface area contributed by atoms with Crippen LogP contribution in [-0.4, -0.2) is 24.1 Å². The quantitative estimate of drug-likeness (QED) is 0.185. The largest absolute Gasteiger partial charge is 0.317 e. The van der Waals surface area contributed by atoms with E-state index in [0.717, 1.165) is 33.3 Å². The van der Waals surface area contributed by atoms with Crippen LogP contribution in [0.25, 0.3) is 78.5 Å². The fraction of sp³-hybridized carbons (Fsp3) is 0.0652. The second kappa shape index (κ2) is 11.2. The Balaban J connectivity index is 1.21. The second-order valence-electron chi connectivity index (χ2n) is 13.8. The van der Waals surface area contributed by atoms with Crippen LogP contribution in [0.3, 0.4) is 0 Å². The van der Waals surface area contributed by atoms with Crippen LogP contribution in [0.4, 0.5) is 0 Å². The van der Waals surface area contributed by atoms with Crippen molar-refractivity contribution in [2.24, 2.45) is 0 Å². The maximum atomic E-state index is 5.27. The topological polar surface area (TPSA) is 48.5 Å². The molecule has 0 bridgehead atoms. The fourth-order valence-electron chi connectivity index (χ4n) is 7.88. The summed E-state index contributed by atoms with van der Waals surface area (Å²) in [5.74, 6) is 1.86. The first-order valence-corrected chi connectivity index (χ1v) is 17.4. The number of hydrogen-bond acceptors (Lipinski definition) is 3. The minimum Gasteiger partial charge on any atom is -0.317 e. The van der Waals surface area contributed by atoms with Gasteiger partial charge in [-0.3, -0.25) is 4.57 Å². The molecule has 0 saturated heterocycles. The molecule has 5 nitrogen and oxygen atoms in total. The van der Waals surface area contributed by atoms with E-state index in [9.17, 15) is 0 Å². The molecule has 0 aliphatic carbocycles. The third kappa shape index (κ3) is 4.59.